The Hall–Kier alpha value is -1.97. The molecule has 1 aromatic carbocycles. The Morgan fingerprint density at radius 1 is 1.36 bits per heavy atom. The number of benzene rings is 1. The first-order valence-corrected chi connectivity index (χ1v) is 4.00. The summed E-state index contributed by atoms with van der Waals surface area (Å²) in [7, 11) is 0. The van der Waals surface area contributed by atoms with Gasteiger partial charge in [-0.3, -0.25) is 0 Å². The zero-order chi connectivity index (χ0) is 10.6. The van der Waals surface area contributed by atoms with Crippen molar-refractivity contribution in [1.29, 1.82) is 0 Å². The Morgan fingerprint density at radius 3 is 2.64 bits per heavy atom. The van der Waals surface area contributed by atoms with Crippen LogP contribution in [0.4, 0.5) is 0 Å². The highest BCUT2D eigenvalue weighted by Gasteiger charge is 2.02. The van der Waals surface area contributed by atoms with Crippen molar-refractivity contribution in [2.75, 3.05) is 0 Å². The molecule has 0 radical (unpaired) electrons. The van der Waals surface area contributed by atoms with Crippen LogP contribution in [0.5, 0.6) is 5.75 Å². The van der Waals surface area contributed by atoms with Crippen molar-refractivity contribution in [3.63, 3.8) is 0 Å². The van der Waals surface area contributed by atoms with Crippen molar-refractivity contribution in [3.8, 4) is 5.75 Å². The highest BCUT2D eigenvalue weighted by molar-refractivity contribution is 5.83. The molecule has 0 atom stereocenters. The molecule has 0 fully saturated rings. The molecule has 1 aromatic rings. The number of carbonyl (C=O) groups is 1. The number of hydrogen-bond acceptors (Lipinski definition) is 3. The molecule has 4 nitrogen and oxygen atoms in total. The lowest BCUT2D eigenvalue weighted by Gasteiger charge is -1.97. The Balaban J connectivity index is 2.71. The fraction of sp³-hybridized carbons (Fsp3) is 0.100. The van der Waals surface area contributed by atoms with E-state index in [0.717, 1.165) is 5.56 Å². The van der Waals surface area contributed by atoms with E-state index in [4.69, 9.17) is 15.3 Å². The number of allylic oxidation sites excluding steroid dienone is 1. The van der Waals surface area contributed by atoms with Crippen molar-refractivity contribution >= 4 is 5.97 Å². The van der Waals surface area contributed by atoms with E-state index in [9.17, 15) is 4.79 Å². The van der Waals surface area contributed by atoms with Gasteiger partial charge in [-0.25, -0.2) is 4.79 Å². The zero-order valence-electron chi connectivity index (χ0n) is 7.34. The molecule has 0 amide bonds. The van der Waals surface area contributed by atoms with E-state index in [1.54, 1.807) is 12.1 Å². The maximum absolute atomic E-state index is 10.2. The summed E-state index contributed by atoms with van der Waals surface area (Å²) in [5, 5.41) is 26.3. The molecule has 3 N–H and O–H groups in total. The Kier molecular flexibility index (Phi) is 3.12. The number of aromatic hydroxyl groups is 1. The predicted molar refractivity (Wildman–Crippen MR) is 50.2 cm³/mol. The second-order valence-corrected chi connectivity index (χ2v) is 2.77. The topological polar surface area (TPSA) is 77.8 Å². The number of aliphatic hydroxyl groups excluding tert-OH is 1. The Labute approximate surface area is 80.7 Å². The highest BCUT2D eigenvalue weighted by atomic mass is 16.4. The van der Waals surface area contributed by atoms with Crippen molar-refractivity contribution in [2.45, 2.75) is 6.42 Å². The smallest absolute Gasteiger partial charge is 0.370 e. The van der Waals surface area contributed by atoms with Gasteiger partial charge in [-0.15, -0.1) is 0 Å². The van der Waals surface area contributed by atoms with Crippen molar-refractivity contribution in [2.24, 2.45) is 0 Å². The number of carboxylic acid groups (broad SMARTS) is 1. The van der Waals surface area contributed by atoms with Gasteiger partial charge in [0.1, 0.15) is 5.75 Å². The van der Waals surface area contributed by atoms with E-state index in [0.29, 0.717) is 0 Å². The number of aliphatic carboxylic acids is 1. The van der Waals surface area contributed by atoms with E-state index in [1.165, 1.54) is 18.2 Å². The Bertz CT molecular complexity index is 368. The molecule has 0 aliphatic rings. The molecule has 0 saturated heterocycles. The van der Waals surface area contributed by atoms with E-state index in [-0.39, 0.29) is 12.2 Å². The molecule has 0 saturated carbocycles. The first kappa shape index (κ1) is 10.1. The maximum Gasteiger partial charge on any atom is 0.370 e. The summed E-state index contributed by atoms with van der Waals surface area (Å²) in [5.74, 6) is -1.93. The average Bonchev–Trinajstić information content (AvgIpc) is 2.14. The fourth-order valence-electron chi connectivity index (χ4n) is 0.985. The van der Waals surface area contributed by atoms with Gasteiger partial charge in [0, 0.05) is 0 Å². The number of rotatable bonds is 3. The second-order valence-electron chi connectivity index (χ2n) is 2.77. The van der Waals surface area contributed by atoms with Gasteiger partial charge >= 0.3 is 5.97 Å². The van der Waals surface area contributed by atoms with Crippen LogP contribution in [0.1, 0.15) is 5.56 Å². The van der Waals surface area contributed by atoms with Crippen molar-refractivity contribution < 1.29 is 20.1 Å². The molecule has 0 bridgehead atoms. The SMILES string of the molecule is O=C(O)/C(O)=C/Cc1cccc(O)c1. The largest absolute Gasteiger partial charge is 0.508 e. The lowest BCUT2D eigenvalue weighted by atomic mass is 10.1. The van der Waals surface area contributed by atoms with Gasteiger partial charge in [-0.05, 0) is 30.2 Å². The number of phenolic OH excluding ortho intramolecular Hbond substituents is 1. The second kappa shape index (κ2) is 4.32. The molecule has 0 aliphatic heterocycles. The fourth-order valence-corrected chi connectivity index (χ4v) is 0.985. The van der Waals surface area contributed by atoms with Crippen LogP contribution in [-0.2, 0) is 11.2 Å². The van der Waals surface area contributed by atoms with Crippen molar-refractivity contribution in [3.05, 3.63) is 41.7 Å². The van der Waals surface area contributed by atoms with E-state index >= 15 is 0 Å². The third kappa shape index (κ3) is 2.82. The predicted octanol–water partition coefficient (Wildman–Crippen LogP) is 1.46. The summed E-state index contributed by atoms with van der Waals surface area (Å²) in [4.78, 5) is 10.2. The molecule has 0 aromatic heterocycles. The van der Waals surface area contributed by atoms with Crippen LogP contribution < -0.4 is 0 Å². The minimum absolute atomic E-state index is 0.116. The lowest BCUT2D eigenvalue weighted by molar-refractivity contribution is -0.135. The van der Waals surface area contributed by atoms with E-state index < -0.39 is 11.7 Å². The molecule has 4 heteroatoms. The molecular formula is C10H10O4. The average molecular weight is 194 g/mol. The minimum Gasteiger partial charge on any atom is -0.508 e. The first-order chi connectivity index (χ1) is 6.59. The third-order valence-corrected chi connectivity index (χ3v) is 1.66. The summed E-state index contributed by atoms with van der Waals surface area (Å²) in [5.41, 5.74) is 0.734. The van der Waals surface area contributed by atoms with Crippen molar-refractivity contribution in [1.82, 2.24) is 0 Å². The monoisotopic (exact) mass is 194 g/mol. The molecule has 14 heavy (non-hydrogen) atoms. The first-order valence-electron chi connectivity index (χ1n) is 4.00. The number of phenols is 1. The van der Waals surface area contributed by atoms with Crippen LogP contribution in [-0.4, -0.2) is 21.3 Å². The molecule has 1 rings (SSSR count). The summed E-state index contributed by atoms with van der Waals surface area (Å²) >= 11 is 0. The molecular weight excluding hydrogens is 184 g/mol. The molecule has 0 spiro atoms. The summed E-state index contributed by atoms with van der Waals surface area (Å²) in [6.07, 6.45) is 1.45. The van der Waals surface area contributed by atoms with Crippen LogP contribution in [0, 0.1) is 0 Å². The van der Waals surface area contributed by atoms with Gasteiger partial charge in [0.2, 0.25) is 0 Å². The van der Waals surface area contributed by atoms with Crippen LogP contribution in [0.15, 0.2) is 36.1 Å². The van der Waals surface area contributed by atoms with Gasteiger partial charge in [0.05, 0.1) is 0 Å². The summed E-state index contributed by atoms with van der Waals surface area (Å²) in [6, 6.07) is 6.40. The summed E-state index contributed by atoms with van der Waals surface area (Å²) in [6.45, 7) is 0. The zero-order valence-corrected chi connectivity index (χ0v) is 7.34. The summed E-state index contributed by atoms with van der Waals surface area (Å²) < 4.78 is 0. The van der Waals surface area contributed by atoms with Gasteiger partial charge < -0.3 is 15.3 Å². The van der Waals surface area contributed by atoms with Crippen LogP contribution in [0.25, 0.3) is 0 Å². The third-order valence-electron chi connectivity index (χ3n) is 1.66. The Morgan fingerprint density at radius 2 is 2.07 bits per heavy atom. The van der Waals surface area contributed by atoms with E-state index in [2.05, 4.69) is 0 Å². The molecule has 0 unspecified atom stereocenters. The molecule has 0 heterocycles. The normalized spacial score (nSPS) is 11.3. The van der Waals surface area contributed by atoms with Crippen LogP contribution in [0.3, 0.4) is 0 Å². The molecule has 74 valence electrons. The van der Waals surface area contributed by atoms with Crippen LogP contribution in [0.2, 0.25) is 0 Å². The van der Waals surface area contributed by atoms with Gasteiger partial charge in [0.15, 0.2) is 5.76 Å². The number of aliphatic hydroxyl groups is 1. The number of carboxylic acids is 1. The number of hydrogen-bond donors (Lipinski definition) is 3. The highest BCUT2D eigenvalue weighted by Crippen LogP contribution is 2.11. The lowest BCUT2D eigenvalue weighted by Crippen LogP contribution is -1.99. The van der Waals surface area contributed by atoms with Gasteiger partial charge in [0.25, 0.3) is 0 Å². The van der Waals surface area contributed by atoms with Crippen LogP contribution >= 0.6 is 0 Å². The van der Waals surface area contributed by atoms with Gasteiger partial charge in [-0.1, -0.05) is 12.1 Å². The molecule has 0 aliphatic carbocycles. The van der Waals surface area contributed by atoms with Gasteiger partial charge in [-0.2, -0.15) is 0 Å². The maximum atomic E-state index is 10.2. The van der Waals surface area contributed by atoms with E-state index in [1.807, 2.05) is 0 Å². The minimum atomic E-state index is -1.36. The quantitative estimate of drug-likeness (QED) is 0.502. The standard InChI is InChI=1S/C10H10O4/c11-8-3-1-2-7(6-8)4-5-9(12)10(13)14/h1-3,5-6,11-12H,4H2,(H,13,14)/b9-5-.